The van der Waals surface area contributed by atoms with Crippen LogP contribution in [-0.2, 0) is 13.0 Å². The van der Waals surface area contributed by atoms with Crippen molar-refractivity contribution in [2.75, 3.05) is 14.2 Å². The van der Waals surface area contributed by atoms with Gasteiger partial charge in [-0.2, -0.15) is 0 Å². The van der Waals surface area contributed by atoms with E-state index in [1.165, 1.54) is 0 Å². The van der Waals surface area contributed by atoms with Crippen LogP contribution < -0.4 is 14.2 Å². The van der Waals surface area contributed by atoms with Crippen LogP contribution in [0.5, 0.6) is 17.2 Å². The Morgan fingerprint density at radius 3 is 1.91 bits per heavy atom. The largest absolute Gasteiger partial charge is 0.497 e. The van der Waals surface area contributed by atoms with Gasteiger partial charge in [0.15, 0.2) is 0 Å². The second-order valence-corrected chi connectivity index (χ2v) is 7.87. The van der Waals surface area contributed by atoms with Crippen molar-refractivity contribution in [1.29, 1.82) is 0 Å². The van der Waals surface area contributed by atoms with Gasteiger partial charge in [-0.15, -0.1) is 0 Å². The van der Waals surface area contributed by atoms with E-state index in [2.05, 4.69) is 55.5 Å². The third kappa shape index (κ3) is 5.20. The first-order valence-corrected chi connectivity index (χ1v) is 11.3. The topological polar surface area (TPSA) is 27.7 Å². The molecule has 0 saturated carbocycles. The van der Waals surface area contributed by atoms with Gasteiger partial charge in [0.05, 0.1) is 14.2 Å². The van der Waals surface area contributed by atoms with Crippen LogP contribution >= 0.6 is 0 Å². The number of aryl methyl sites for hydroxylation is 1. The number of rotatable bonds is 9. The second kappa shape index (κ2) is 10.7. The highest BCUT2D eigenvalue weighted by Crippen LogP contribution is 2.43. The van der Waals surface area contributed by atoms with Crippen molar-refractivity contribution in [1.82, 2.24) is 0 Å². The van der Waals surface area contributed by atoms with Crippen LogP contribution in [-0.4, -0.2) is 14.2 Å². The lowest BCUT2D eigenvalue weighted by Gasteiger charge is -2.20. The van der Waals surface area contributed by atoms with Crippen LogP contribution in [0.4, 0.5) is 0 Å². The summed E-state index contributed by atoms with van der Waals surface area (Å²) in [6.07, 6.45) is 1.95. The van der Waals surface area contributed by atoms with E-state index in [9.17, 15) is 0 Å². The number of benzene rings is 4. The highest BCUT2D eigenvalue weighted by Gasteiger charge is 2.18. The SMILES string of the molecule is CCCc1[c]cc(-c2ccc(OC)cc2)c(OCc2ccccc2)c1-c1ccc(OC)cc1. The molecule has 0 aromatic heterocycles. The summed E-state index contributed by atoms with van der Waals surface area (Å²) >= 11 is 0. The van der Waals surface area contributed by atoms with Crippen LogP contribution in [0.1, 0.15) is 24.5 Å². The average Bonchev–Trinajstić information content (AvgIpc) is 2.88. The molecule has 0 spiro atoms. The Hall–Kier alpha value is -3.72. The minimum Gasteiger partial charge on any atom is -0.497 e. The van der Waals surface area contributed by atoms with Crippen molar-refractivity contribution in [3.8, 4) is 39.5 Å². The summed E-state index contributed by atoms with van der Waals surface area (Å²) in [5.41, 5.74) is 6.54. The summed E-state index contributed by atoms with van der Waals surface area (Å²) in [6, 6.07) is 32.1. The molecule has 0 unspecified atom stereocenters. The number of hydrogen-bond acceptors (Lipinski definition) is 3. The summed E-state index contributed by atoms with van der Waals surface area (Å²) in [6.45, 7) is 2.68. The third-order valence-electron chi connectivity index (χ3n) is 5.67. The molecule has 1 radical (unpaired) electrons. The minimum absolute atomic E-state index is 0.489. The molecule has 0 saturated heterocycles. The fraction of sp³-hybridized carbons (Fsp3) is 0.200. The smallest absolute Gasteiger partial charge is 0.135 e. The van der Waals surface area contributed by atoms with E-state index in [-0.39, 0.29) is 0 Å². The first kappa shape index (κ1) is 22.5. The molecule has 3 heteroatoms. The quantitative estimate of drug-likeness (QED) is 0.274. The second-order valence-electron chi connectivity index (χ2n) is 7.87. The van der Waals surface area contributed by atoms with Crippen LogP contribution in [0.15, 0.2) is 84.9 Å². The number of methoxy groups -OCH3 is 2. The van der Waals surface area contributed by atoms with E-state index in [0.29, 0.717) is 6.61 Å². The van der Waals surface area contributed by atoms with E-state index >= 15 is 0 Å². The molecule has 4 rings (SSSR count). The molecular formula is C30H29O3. The summed E-state index contributed by atoms with van der Waals surface area (Å²) in [5.74, 6) is 2.53. The lowest BCUT2D eigenvalue weighted by atomic mass is 9.91. The van der Waals surface area contributed by atoms with Crippen LogP contribution in [0.3, 0.4) is 0 Å². The Bertz CT molecular complexity index is 1160. The minimum atomic E-state index is 0.489. The average molecular weight is 438 g/mol. The van der Waals surface area contributed by atoms with Gasteiger partial charge in [0, 0.05) is 11.1 Å². The Kier molecular flexibility index (Phi) is 7.31. The van der Waals surface area contributed by atoms with E-state index in [1.807, 2.05) is 42.5 Å². The standard InChI is InChI=1S/C30H29O3/c1-4-8-24-15-20-28(23-11-16-26(31-2)17-12-23)30(33-21-22-9-6-5-7-10-22)29(24)25-13-18-27(32-3)19-14-25/h5-7,9-14,16-20H,4,8,21H2,1-3H3. The highest BCUT2D eigenvalue weighted by atomic mass is 16.5. The summed E-state index contributed by atoms with van der Waals surface area (Å²) in [4.78, 5) is 0. The van der Waals surface area contributed by atoms with Crippen molar-refractivity contribution < 1.29 is 14.2 Å². The predicted octanol–water partition coefficient (Wildman–Crippen LogP) is 7.37. The Morgan fingerprint density at radius 1 is 0.727 bits per heavy atom. The van der Waals surface area contributed by atoms with Gasteiger partial charge in [-0.1, -0.05) is 67.9 Å². The summed E-state index contributed by atoms with van der Waals surface area (Å²) in [7, 11) is 3.36. The van der Waals surface area contributed by atoms with Gasteiger partial charge in [-0.25, -0.2) is 0 Å². The molecule has 33 heavy (non-hydrogen) atoms. The molecule has 0 atom stereocenters. The lowest BCUT2D eigenvalue weighted by Crippen LogP contribution is -2.02. The van der Waals surface area contributed by atoms with Crippen LogP contribution in [0.2, 0.25) is 0 Å². The van der Waals surface area contributed by atoms with Gasteiger partial charge in [-0.05, 0) is 65.1 Å². The van der Waals surface area contributed by atoms with Gasteiger partial charge in [0.1, 0.15) is 23.9 Å². The van der Waals surface area contributed by atoms with Gasteiger partial charge in [-0.3, -0.25) is 0 Å². The fourth-order valence-electron chi connectivity index (χ4n) is 3.94. The van der Waals surface area contributed by atoms with Crippen molar-refractivity contribution in [2.45, 2.75) is 26.4 Å². The van der Waals surface area contributed by atoms with Gasteiger partial charge < -0.3 is 14.2 Å². The molecule has 0 aliphatic carbocycles. The maximum absolute atomic E-state index is 6.58. The van der Waals surface area contributed by atoms with Gasteiger partial charge in [0.2, 0.25) is 0 Å². The Labute approximate surface area is 196 Å². The van der Waals surface area contributed by atoms with E-state index in [1.54, 1.807) is 14.2 Å². The van der Waals surface area contributed by atoms with E-state index < -0.39 is 0 Å². The van der Waals surface area contributed by atoms with Gasteiger partial charge in [0.25, 0.3) is 0 Å². The maximum atomic E-state index is 6.58. The van der Waals surface area contributed by atoms with Gasteiger partial charge >= 0.3 is 0 Å². The molecule has 0 amide bonds. The van der Waals surface area contributed by atoms with E-state index in [4.69, 9.17) is 14.2 Å². The number of hydrogen-bond donors (Lipinski definition) is 0. The molecule has 3 nitrogen and oxygen atoms in total. The molecule has 4 aromatic rings. The molecule has 0 aliphatic rings. The molecule has 0 heterocycles. The van der Waals surface area contributed by atoms with Crippen molar-refractivity contribution in [3.63, 3.8) is 0 Å². The first-order chi connectivity index (χ1) is 16.2. The zero-order valence-corrected chi connectivity index (χ0v) is 19.4. The first-order valence-electron chi connectivity index (χ1n) is 11.3. The molecule has 0 aliphatic heterocycles. The monoisotopic (exact) mass is 437 g/mol. The summed E-state index contributed by atoms with van der Waals surface area (Å²) in [5, 5.41) is 0. The normalized spacial score (nSPS) is 10.6. The maximum Gasteiger partial charge on any atom is 0.135 e. The molecule has 167 valence electrons. The van der Waals surface area contributed by atoms with Crippen molar-refractivity contribution in [2.24, 2.45) is 0 Å². The Morgan fingerprint density at radius 2 is 1.33 bits per heavy atom. The molecule has 0 fully saturated rings. The van der Waals surface area contributed by atoms with Crippen molar-refractivity contribution >= 4 is 0 Å². The third-order valence-corrected chi connectivity index (χ3v) is 5.67. The Balaban J connectivity index is 1.87. The van der Waals surface area contributed by atoms with Crippen LogP contribution in [0, 0.1) is 6.07 Å². The molecule has 0 bridgehead atoms. The number of ether oxygens (including phenoxy) is 3. The van der Waals surface area contributed by atoms with E-state index in [0.717, 1.165) is 63.5 Å². The van der Waals surface area contributed by atoms with Crippen molar-refractivity contribution in [3.05, 3.63) is 102 Å². The predicted molar refractivity (Wildman–Crippen MR) is 134 cm³/mol. The zero-order valence-electron chi connectivity index (χ0n) is 19.4. The lowest BCUT2D eigenvalue weighted by molar-refractivity contribution is 0.308. The molecule has 4 aromatic carbocycles. The highest BCUT2D eigenvalue weighted by molar-refractivity contribution is 5.85. The van der Waals surface area contributed by atoms with Crippen LogP contribution in [0.25, 0.3) is 22.3 Å². The zero-order chi connectivity index (χ0) is 23.0. The molecular weight excluding hydrogens is 408 g/mol. The fourth-order valence-corrected chi connectivity index (χ4v) is 3.94. The molecule has 0 N–H and O–H groups in total. The summed E-state index contributed by atoms with van der Waals surface area (Å²) < 4.78 is 17.3.